The van der Waals surface area contributed by atoms with Crippen molar-refractivity contribution in [1.82, 2.24) is 14.5 Å². The molecule has 0 atom stereocenters. The summed E-state index contributed by atoms with van der Waals surface area (Å²) >= 11 is 9.33. The minimum atomic E-state index is -0.142. The number of aryl methyl sites for hydroxylation is 2. The zero-order chi connectivity index (χ0) is 19.0. The molecule has 0 saturated heterocycles. The average molecular weight is 414 g/mol. The van der Waals surface area contributed by atoms with E-state index in [0.717, 1.165) is 15.7 Å². The first-order valence-electron chi connectivity index (χ1n) is 8.35. The van der Waals surface area contributed by atoms with Crippen LogP contribution in [-0.2, 0) is 5.75 Å². The highest BCUT2D eigenvalue weighted by Crippen LogP contribution is 2.30. The lowest BCUT2D eigenvalue weighted by atomic mass is 10.1. The highest BCUT2D eigenvalue weighted by molar-refractivity contribution is 8.00. The van der Waals surface area contributed by atoms with Gasteiger partial charge in [0.25, 0.3) is 5.56 Å². The zero-order valence-corrected chi connectivity index (χ0v) is 17.2. The molecule has 7 heteroatoms. The van der Waals surface area contributed by atoms with Gasteiger partial charge in [-0.05, 0) is 36.6 Å². The first-order valence-corrected chi connectivity index (χ1v) is 10.5. The molecule has 0 radical (unpaired) electrons. The number of hydrogen-bond donors (Lipinski definition) is 0. The van der Waals surface area contributed by atoms with Crippen molar-refractivity contribution in [3.05, 3.63) is 80.9 Å². The van der Waals surface area contributed by atoms with Crippen molar-refractivity contribution in [2.24, 2.45) is 0 Å². The Morgan fingerprint density at radius 3 is 2.67 bits per heavy atom. The molecule has 2 aromatic carbocycles. The molecule has 136 valence electrons. The van der Waals surface area contributed by atoms with Crippen LogP contribution in [0.4, 0.5) is 0 Å². The minimum absolute atomic E-state index is 0.142. The van der Waals surface area contributed by atoms with Crippen molar-refractivity contribution < 1.29 is 0 Å². The van der Waals surface area contributed by atoms with E-state index in [1.54, 1.807) is 17.8 Å². The third-order valence-electron chi connectivity index (χ3n) is 4.34. The van der Waals surface area contributed by atoms with Gasteiger partial charge in [0.05, 0.1) is 10.7 Å². The van der Waals surface area contributed by atoms with Crippen molar-refractivity contribution >= 4 is 45.0 Å². The molecule has 4 nitrogen and oxygen atoms in total. The molecular formula is C20H16ClN3OS2. The number of para-hydroxylation sites is 1. The van der Waals surface area contributed by atoms with E-state index in [1.807, 2.05) is 31.2 Å². The molecule has 0 aliphatic carbocycles. The Labute approximate surface area is 169 Å². The van der Waals surface area contributed by atoms with Crippen LogP contribution >= 0.6 is 34.7 Å². The number of nitrogens with zero attached hydrogens (tertiary/aromatic N) is 3. The van der Waals surface area contributed by atoms with Crippen LogP contribution < -0.4 is 5.56 Å². The van der Waals surface area contributed by atoms with Gasteiger partial charge in [0.1, 0.15) is 11.0 Å². The monoisotopic (exact) mass is 413 g/mol. The van der Waals surface area contributed by atoms with Crippen LogP contribution in [0.1, 0.15) is 16.7 Å². The van der Waals surface area contributed by atoms with E-state index in [2.05, 4.69) is 29.0 Å². The maximum Gasteiger partial charge on any atom is 0.277 e. The van der Waals surface area contributed by atoms with Crippen molar-refractivity contribution in [1.29, 1.82) is 0 Å². The standard InChI is InChI=1S/C20H16ClN3OS2/c1-12-6-3-4-8-14(12)10-26-20-23-18-17(27-20)19(25)24(11-22-18)16-13(2)7-5-9-15(16)21/h3-9,11H,10H2,1-2H3. The lowest BCUT2D eigenvalue weighted by Crippen LogP contribution is -2.19. The highest BCUT2D eigenvalue weighted by atomic mass is 35.5. The quantitative estimate of drug-likeness (QED) is 0.420. The van der Waals surface area contributed by atoms with E-state index in [-0.39, 0.29) is 5.56 Å². The van der Waals surface area contributed by atoms with Crippen LogP contribution in [0.25, 0.3) is 16.0 Å². The van der Waals surface area contributed by atoms with Crippen LogP contribution in [-0.4, -0.2) is 14.5 Å². The molecule has 0 fully saturated rings. The predicted molar refractivity (Wildman–Crippen MR) is 113 cm³/mol. The molecule has 27 heavy (non-hydrogen) atoms. The lowest BCUT2D eigenvalue weighted by molar-refractivity contribution is 0.950. The SMILES string of the molecule is Cc1ccccc1CSc1nc2ncn(-c3c(C)cccc3Cl)c(=O)c2s1. The summed E-state index contributed by atoms with van der Waals surface area (Å²) in [6.45, 7) is 4.02. The Hall–Kier alpha value is -2.15. The Morgan fingerprint density at radius 2 is 1.89 bits per heavy atom. The molecule has 4 rings (SSSR count). The second-order valence-corrected chi connectivity index (χ2v) is 8.80. The number of thioether (sulfide) groups is 1. The summed E-state index contributed by atoms with van der Waals surface area (Å²) in [5.74, 6) is 0.810. The van der Waals surface area contributed by atoms with Gasteiger partial charge in [-0.2, -0.15) is 0 Å². The summed E-state index contributed by atoms with van der Waals surface area (Å²) in [5.41, 5.74) is 4.44. The van der Waals surface area contributed by atoms with Crippen LogP contribution in [0, 0.1) is 13.8 Å². The van der Waals surface area contributed by atoms with Gasteiger partial charge in [-0.1, -0.05) is 59.8 Å². The maximum absolute atomic E-state index is 13.0. The topological polar surface area (TPSA) is 47.8 Å². The number of aromatic nitrogens is 3. The van der Waals surface area contributed by atoms with Crippen molar-refractivity contribution in [2.45, 2.75) is 23.9 Å². The van der Waals surface area contributed by atoms with E-state index >= 15 is 0 Å². The Kier molecular flexibility index (Phi) is 5.04. The first-order chi connectivity index (χ1) is 13.0. The Morgan fingerprint density at radius 1 is 1.11 bits per heavy atom. The number of hydrogen-bond acceptors (Lipinski definition) is 5. The fraction of sp³-hybridized carbons (Fsp3) is 0.150. The van der Waals surface area contributed by atoms with Crippen molar-refractivity contribution in [3.8, 4) is 5.69 Å². The number of halogens is 1. The predicted octanol–water partition coefficient (Wildman–Crippen LogP) is 5.40. The van der Waals surface area contributed by atoms with E-state index in [4.69, 9.17) is 11.6 Å². The molecule has 2 heterocycles. The van der Waals surface area contributed by atoms with E-state index in [0.29, 0.717) is 21.1 Å². The fourth-order valence-electron chi connectivity index (χ4n) is 2.85. The molecule has 0 unspecified atom stereocenters. The third kappa shape index (κ3) is 3.52. The molecule has 2 aromatic heterocycles. The summed E-state index contributed by atoms with van der Waals surface area (Å²) in [6, 6.07) is 13.8. The molecule has 0 N–H and O–H groups in total. The van der Waals surface area contributed by atoms with E-state index in [9.17, 15) is 4.79 Å². The van der Waals surface area contributed by atoms with Crippen LogP contribution in [0.3, 0.4) is 0 Å². The van der Waals surface area contributed by atoms with Crippen LogP contribution in [0.2, 0.25) is 5.02 Å². The normalized spacial score (nSPS) is 11.2. The Bertz CT molecular complexity index is 1180. The smallest absolute Gasteiger partial charge is 0.267 e. The van der Waals surface area contributed by atoms with Crippen LogP contribution in [0.15, 0.2) is 57.9 Å². The second kappa shape index (κ2) is 7.46. The summed E-state index contributed by atoms with van der Waals surface area (Å²) in [4.78, 5) is 21.9. The minimum Gasteiger partial charge on any atom is -0.267 e. The molecule has 0 aliphatic heterocycles. The average Bonchev–Trinajstić information content (AvgIpc) is 3.07. The van der Waals surface area contributed by atoms with E-state index in [1.165, 1.54) is 33.4 Å². The van der Waals surface area contributed by atoms with Gasteiger partial charge in [-0.25, -0.2) is 9.97 Å². The summed E-state index contributed by atoms with van der Waals surface area (Å²) in [6.07, 6.45) is 1.51. The fourth-order valence-corrected chi connectivity index (χ4v) is 5.27. The van der Waals surface area contributed by atoms with Gasteiger partial charge in [0.15, 0.2) is 9.99 Å². The lowest BCUT2D eigenvalue weighted by Gasteiger charge is -2.10. The highest BCUT2D eigenvalue weighted by Gasteiger charge is 2.15. The summed E-state index contributed by atoms with van der Waals surface area (Å²) in [5, 5.41) is 0.525. The second-order valence-electron chi connectivity index (χ2n) is 6.17. The van der Waals surface area contributed by atoms with Crippen LogP contribution in [0.5, 0.6) is 0 Å². The number of thiazole rings is 1. The van der Waals surface area contributed by atoms with Crippen molar-refractivity contribution in [2.75, 3.05) is 0 Å². The number of benzene rings is 2. The largest absolute Gasteiger partial charge is 0.277 e. The van der Waals surface area contributed by atoms with E-state index < -0.39 is 0 Å². The molecule has 0 saturated carbocycles. The molecule has 0 bridgehead atoms. The number of fused-ring (bicyclic) bond motifs is 1. The van der Waals surface area contributed by atoms with Gasteiger partial charge < -0.3 is 0 Å². The first kappa shape index (κ1) is 18.2. The van der Waals surface area contributed by atoms with Gasteiger partial charge in [-0.3, -0.25) is 9.36 Å². The molecule has 4 aromatic rings. The van der Waals surface area contributed by atoms with Gasteiger partial charge in [0, 0.05) is 5.75 Å². The third-order valence-corrected chi connectivity index (χ3v) is 6.87. The Balaban J connectivity index is 1.70. The summed E-state index contributed by atoms with van der Waals surface area (Å²) < 4.78 is 2.89. The van der Waals surface area contributed by atoms with Crippen molar-refractivity contribution in [3.63, 3.8) is 0 Å². The molecular weight excluding hydrogens is 398 g/mol. The van der Waals surface area contributed by atoms with Gasteiger partial charge in [-0.15, -0.1) is 11.3 Å². The summed E-state index contributed by atoms with van der Waals surface area (Å²) in [7, 11) is 0. The molecule has 0 spiro atoms. The van der Waals surface area contributed by atoms with Gasteiger partial charge >= 0.3 is 0 Å². The number of rotatable bonds is 4. The zero-order valence-electron chi connectivity index (χ0n) is 14.8. The molecule has 0 amide bonds. The maximum atomic E-state index is 13.0. The van der Waals surface area contributed by atoms with Gasteiger partial charge in [0.2, 0.25) is 0 Å². The molecule has 0 aliphatic rings.